The molecular formula is C11H13BrO4. The number of carboxylic acid groups (broad SMARTS) is 1. The molecule has 0 aliphatic heterocycles. The van der Waals surface area contributed by atoms with Crippen molar-refractivity contribution in [2.24, 2.45) is 0 Å². The predicted octanol–water partition coefficient (Wildman–Crippen LogP) is 2.56. The number of aromatic carboxylic acids is 1. The highest BCUT2D eigenvalue weighted by Crippen LogP contribution is 2.23. The Morgan fingerprint density at radius 2 is 2.19 bits per heavy atom. The van der Waals surface area contributed by atoms with Crippen LogP contribution in [0.1, 0.15) is 16.8 Å². The van der Waals surface area contributed by atoms with Crippen LogP contribution in [0.5, 0.6) is 5.75 Å². The van der Waals surface area contributed by atoms with Crippen molar-refractivity contribution in [1.29, 1.82) is 0 Å². The van der Waals surface area contributed by atoms with Gasteiger partial charge in [0.25, 0.3) is 0 Å². The van der Waals surface area contributed by atoms with Gasteiger partial charge in [-0.25, -0.2) is 4.79 Å². The van der Waals surface area contributed by atoms with E-state index in [1.807, 2.05) is 0 Å². The van der Waals surface area contributed by atoms with Crippen LogP contribution in [-0.4, -0.2) is 31.4 Å². The number of carboxylic acids is 1. The highest BCUT2D eigenvalue weighted by atomic mass is 79.9. The summed E-state index contributed by atoms with van der Waals surface area (Å²) in [5.41, 5.74) is 0.167. The van der Waals surface area contributed by atoms with E-state index in [0.29, 0.717) is 19.0 Å². The summed E-state index contributed by atoms with van der Waals surface area (Å²) in [5.74, 6) is -0.618. The quantitative estimate of drug-likeness (QED) is 0.818. The Labute approximate surface area is 102 Å². The maximum absolute atomic E-state index is 10.9. The van der Waals surface area contributed by atoms with Crippen LogP contribution in [0.4, 0.5) is 0 Å². The first-order valence-corrected chi connectivity index (χ1v) is 5.59. The van der Waals surface area contributed by atoms with Gasteiger partial charge in [-0.05, 0) is 18.2 Å². The van der Waals surface area contributed by atoms with Gasteiger partial charge in [0, 0.05) is 24.6 Å². The van der Waals surface area contributed by atoms with Crippen molar-refractivity contribution in [2.75, 3.05) is 20.3 Å². The molecule has 0 atom stereocenters. The summed E-state index contributed by atoms with van der Waals surface area (Å²) < 4.78 is 11.1. The molecule has 0 spiro atoms. The molecule has 1 N–H and O–H groups in total. The zero-order valence-electron chi connectivity index (χ0n) is 8.90. The third kappa shape index (κ3) is 3.83. The number of rotatable bonds is 6. The highest BCUT2D eigenvalue weighted by Gasteiger charge is 2.11. The van der Waals surface area contributed by atoms with Gasteiger partial charge in [-0.2, -0.15) is 0 Å². The average molecular weight is 289 g/mol. The van der Waals surface area contributed by atoms with Gasteiger partial charge >= 0.3 is 5.97 Å². The van der Waals surface area contributed by atoms with E-state index in [0.717, 1.165) is 10.9 Å². The van der Waals surface area contributed by atoms with Crippen molar-refractivity contribution in [2.45, 2.75) is 6.42 Å². The van der Waals surface area contributed by atoms with Crippen LogP contribution in [0.25, 0.3) is 0 Å². The number of halogens is 1. The van der Waals surface area contributed by atoms with E-state index in [4.69, 9.17) is 14.6 Å². The van der Waals surface area contributed by atoms with E-state index in [-0.39, 0.29) is 5.56 Å². The van der Waals surface area contributed by atoms with Gasteiger partial charge in [-0.3, -0.25) is 0 Å². The van der Waals surface area contributed by atoms with Crippen molar-refractivity contribution in [3.05, 3.63) is 28.2 Å². The van der Waals surface area contributed by atoms with Gasteiger partial charge in [-0.1, -0.05) is 15.9 Å². The Balaban J connectivity index is 2.68. The van der Waals surface area contributed by atoms with Gasteiger partial charge in [-0.15, -0.1) is 0 Å². The minimum absolute atomic E-state index is 0.167. The molecule has 16 heavy (non-hydrogen) atoms. The average Bonchev–Trinajstić information content (AvgIpc) is 2.24. The Morgan fingerprint density at radius 3 is 2.81 bits per heavy atom. The van der Waals surface area contributed by atoms with E-state index < -0.39 is 5.97 Å². The highest BCUT2D eigenvalue weighted by molar-refractivity contribution is 9.10. The second-order valence-electron chi connectivity index (χ2n) is 3.14. The second-order valence-corrected chi connectivity index (χ2v) is 4.06. The minimum atomic E-state index is -0.991. The van der Waals surface area contributed by atoms with Crippen LogP contribution in [-0.2, 0) is 4.74 Å². The van der Waals surface area contributed by atoms with Crippen LogP contribution in [0.15, 0.2) is 22.7 Å². The fourth-order valence-electron chi connectivity index (χ4n) is 1.18. The first-order valence-electron chi connectivity index (χ1n) is 4.79. The van der Waals surface area contributed by atoms with E-state index in [1.54, 1.807) is 19.2 Å². The number of hydrogen-bond acceptors (Lipinski definition) is 3. The summed E-state index contributed by atoms with van der Waals surface area (Å²) in [6.07, 6.45) is 0.724. The molecule has 0 aromatic heterocycles. The van der Waals surface area contributed by atoms with E-state index >= 15 is 0 Å². The molecule has 0 aliphatic carbocycles. The molecule has 0 heterocycles. The lowest BCUT2D eigenvalue weighted by Crippen LogP contribution is -2.06. The fraction of sp³-hybridized carbons (Fsp3) is 0.364. The van der Waals surface area contributed by atoms with Crippen molar-refractivity contribution in [3.8, 4) is 5.75 Å². The third-order valence-corrected chi connectivity index (χ3v) is 2.42. The molecule has 0 bridgehead atoms. The molecular weight excluding hydrogens is 276 g/mol. The zero-order chi connectivity index (χ0) is 12.0. The Bertz CT molecular complexity index is 365. The molecule has 4 nitrogen and oxygen atoms in total. The van der Waals surface area contributed by atoms with Crippen molar-refractivity contribution in [3.63, 3.8) is 0 Å². The topological polar surface area (TPSA) is 55.8 Å². The molecule has 0 fully saturated rings. The normalized spacial score (nSPS) is 10.1. The molecule has 0 saturated carbocycles. The van der Waals surface area contributed by atoms with Gasteiger partial charge in [0.05, 0.1) is 6.61 Å². The number of hydrogen-bond donors (Lipinski definition) is 1. The van der Waals surface area contributed by atoms with Gasteiger partial charge in [0.1, 0.15) is 11.3 Å². The lowest BCUT2D eigenvalue weighted by Gasteiger charge is -2.09. The van der Waals surface area contributed by atoms with Crippen LogP contribution >= 0.6 is 15.9 Å². The van der Waals surface area contributed by atoms with E-state index in [1.165, 1.54) is 6.07 Å². The molecule has 5 heteroatoms. The van der Waals surface area contributed by atoms with Crippen molar-refractivity contribution >= 4 is 21.9 Å². The monoisotopic (exact) mass is 288 g/mol. The fourth-order valence-corrected chi connectivity index (χ4v) is 1.52. The van der Waals surface area contributed by atoms with Gasteiger partial charge in [0.2, 0.25) is 0 Å². The Morgan fingerprint density at radius 1 is 1.44 bits per heavy atom. The summed E-state index contributed by atoms with van der Waals surface area (Å²) in [4.78, 5) is 10.9. The standard InChI is InChI=1S/C11H13BrO4/c1-15-5-2-6-16-10-7-8(12)3-4-9(10)11(13)14/h3-4,7H,2,5-6H2,1H3,(H,13,14). The van der Waals surface area contributed by atoms with E-state index in [9.17, 15) is 4.79 Å². The van der Waals surface area contributed by atoms with Crippen LogP contribution < -0.4 is 4.74 Å². The van der Waals surface area contributed by atoms with Crippen molar-refractivity contribution < 1.29 is 19.4 Å². The first kappa shape index (κ1) is 13.0. The second kappa shape index (κ2) is 6.50. The summed E-state index contributed by atoms with van der Waals surface area (Å²) in [6.45, 7) is 1.03. The maximum atomic E-state index is 10.9. The molecule has 1 aromatic rings. The van der Waals surface area contributed by atoms with E-state index in [2.05, 4.69) is 15.9 Å². The molecule has 0 radical (unpaired) electrons. The Kier molecular flexibility index (Phi) is 5.28. The minimum Gasteiger partial charge on any atom is -0.493 e. The van der Waals surface area contributed by atoms with Crippen LogP contribution in [0, 0.1) is 0 Å². The lowest BCUT2D eigenvalue weighted by atomic mass is 10.2. The van der Waals surface area contributed by atoms with Gasteiger partial charge in [0.15, 0.2) is 0 Å². The first-order chi connectivity index (χ1) is 7.65. The molecule has 0 unspecified atom stereocenters. The molecule has 1 aromatic carbocycles. The smallest absolute Gasteiger partial charge is 0.339 e. The molecule has 88 valence electrons. The van der Waals surface area contributed by atoms with Crippen molar-refractivity contribution in [1.82, 2.24) is 0 Å². The molecule has 0 saturated heterocycles. The number of carbonyl (C=O) groups is 1. The zero-order valence-corrected chi connectivity index (χ0v) is 10.5. The summed E-state index contributed by atoms with van der Waals surface area (Å²) in [6, 6.07) is 4.83. The summed E-state index contributed by atoms with van der Waals surface area (Å²) >= 11 is 3.27. The lowest BCUT2D eigenvalue weighted by molar-refractivity contribution is 0.0691. The summed E-state index contributed by atoms with van der Waals surface area (Å²) in [7, 11) is 1.61. The number of benzene rings is 1. The van der Waals surface area contributed by atoms with Gasteiger partial charge < -0.3 is 14.6 Å². The van der Waals surface area contributed by atoms with Crippen LogP contribution in [0.2, 0.25) is 0 Å². The maximum Gasteiger partial charge on any atom is 0.339 e. The summed E-state index contributed by atoms with van der Waals surface area (Å²) in [5, 5.41) is 8.94. The number of ether oxygens (including phenoxy) is 2. The largest absolute Gasteiger partial charge is 0.493 e. The SMILES string of the molecule is COCCCOc1cc(Br)ccc1C(=O)O. The number of methoxy groups -OCH3 is 1. The Hall–Kier alpha value is -1.07. The molecule has 0 aliphatic rings. The third-order valence-electron chi connectivity index (χ3n) is 1.92. The molecule has 1 rings (SSSR count). The molecule has 0 amide bonds. The predicted molar refractivity (Wildman–Crippen MR) is 63.1 cm³/mol. The van der Waals surface area contributed by atoms with Crippen LogP contribution in [0.3, 0.4) is 0 Å².